The second-order valence-corrected chi connectivity index (χ2v) is 9.06. The highest BCUT2D eigenvalue weighted by Crippen LogP contribution is 2.42. The van der Waals surface area contributed by atoms with Crippen molar-refractivity contribution in [1.29, 1.82) is 0 Å². The van der Waals surface area contributed by atoms with E-state index in [-0.39, 0.29) is 44.6 Å². The van der Waals surface area contributed by atoms with Crippen molar-refractivity contribution in [2.45, 2.75) is 38.8 Å². The fraction of sp³-hybridized carbons (Fsp3) is 0.435. The molecule has 2 aliphatic heterocycles. The Labute approximate surface area is 206 Å². The minimum Gasteiger partial charge on any atom is -0.376 e. The molecule has 6 rings (SSSR count). The second-order valence-electron chi connectivity index (χ2n) is 9.06. The van der Waals surface area contributed by atoms with Crippen LogP contribution in [0.1, 0.15) is 25.5 Å². The largest absolute Gasteiger partial charge is 0.376 e. The summed E-state index contributed by atoms with van der Waals surface area (Å²) in [6, 6.07) is 6.42. The Bertz CT molecular complexity index is 1280. The monoisotopic (exact) mass is 485 g/mol. The number of nitrogens with two attached hydrogens (primary N) is 1. The van der Waals surface area contributed by atoms with E-state index in [1.165, 1.54) is 0 Å². The van der Waals surface area contributed by atoms with Crippen LogP contribution < -0.4 is 10.6 Å². The zero-order chi connectivity index (χ0) is 21.2. The molecule has 3 aromatic heterocycles. The third-order valence-electron chi connectivity index (χ3n) is 7.33. The number of nitrogens with one attached hydrogen (secondary N) is 1. The number of piperidine rings is 1. The molecule has 3 N–H and O–H groups in total. The molecule has 0 unspecified atom stereocenters. The number of hydrogen-bond donors (Lipinski definition) is 2. The molecule has 176 valence electrons. The summed E-state index contributed by atoms with van der Waals surface area (Å²) in [5.41, 5.74) is 11.7. The van der Waals surface area contributed by atoms with Crippen molar-refractivity contribution < 1.29 is 4.74 Å². The van der Waals surface area contributed by atoms with Crippen LogP contribution in [0.5, 0.6) is 0 Å². The van der Waals surface area contributed by atoms with Crippen molar-refractivity contribution in [3.8, 4) is 11.1 Å². The number of nitrogens with zero attached hydrogens (tertiary/aromatic N) is 5. The Balaban J connectivity index is 0.00000130. The number of imidazole rings is 1. The van der Waals surface area contributed by atoms with Crippen molar-refractivity contribution in [2.24, 2.45) is 11.1 Å². The van der Waals surface area contributed by atoms with Crippen LogP contribution >= 0.6 is 27.0 Å². The predicted octanol–water partition coefficient (Wildman–Crippen LogP) is 3.14. The fourth-order valence-electron chi connectivity index (χ4n) is 5.35. The standard InChI is InChI=1S/C23H27N7O.2H2S/c1-14-19(16-3-4-17-12-26-28-18(17)11-16)21-25-7-10-30(21)22(27-14)29-8-5-23(6-9-29)13-31-15(2)20(23)24;;/h3-4,7,10-12,15,20H,5-6,8-9,13,24H2,1-2H3,(H,26,28);2*1H2/t15-,20+;;/m0../s1. The topological polar surface area (TPSA) is 97.4 Å². The molecule has 1 aromatic carbocycles. The summed E-state index contributed by atoms with van der Waals surface area (Å²) in [4.78, 5) is 12.1. The summed E-state index contributed by atoms with van der Waals surface area (Å²) in [5.74, 6) is 0.951. The number of hydrogen-bond acceptors (Lipinski definition) is 6. The van der Waals surface area contributed by atoms with Gasteiger partial charge in [0.25, 0.3) is 0 Å². The van der Waals surface area contributed by atoms with Crippen molar-refractivity contribution in [1.82, 2.24) is 24.6 Å². The number of aromatic nitrogens is 5. The molecule has 2 saturated heterocycles. The maximum atomic E-state index is 6.50. The van der Waals surface area contributed by atoms with Crippen LogP contribution in [0.25, 0.3) is 27.7 Å². The number of ether oxygens (including phenoxy) is 1. The van der Waals surface area contributed by atoms with Gasteiger partial charge in [0, 0.05) is 47.9 Å². The molecule has 2 fully saturated rings. The molecule has 1 spiro atoms. The lowest BCUT2D eigenvalue weighted by Gasteiger charge is -2.41. The van der Waals surface area contributed by atoms with Crippen LogP contribution in [0, 0.1) is 12.3 Å². The first-order valence-corrected chi connectivity index (χ1v) is 11.0. The van der Waals surface area contributed by atoms with Crippen LogP contribution in [0.4, 0.5) is 5.95 Å². The maximum Gasteiger partial charge on any atom is 0.211 e. The summed E-state index contributed by atoms with van der Waals surface area (Å²) in [6.45, 7) is 6.76. The summed E-state index contributed by atoms with van der Waals surface area (Å²) in [7, 11) is 0. The Hall–Kier alpha value is -2.27. The molecular weight excluding hydrogens is 454 g/mol. The van der Waals surface area contributed by atoms with Crippen LogP contribution in [0.15, 0.2) is 36.8 Å². The molecule has 0 saturated carbocycles. The van der Waals surface area contributed by atoms with E-state index in [0.717, 1.165) is 71.9 Å². The van der Waals surface area contributed by atoms with Gasteiger partial charge in [-0.25, -0.2) is 9.97 Å². The number of anilines is 1. The summed E-state index contributed by atoms with van der Waals surface area (Å²) in [6.07, 6.45) is 7.88. The zero-order valence-corrected chi connectivity index (χ0v) is 20.9. The molecule has 0 aliphatic carbocycles. The molecule has 4 aromatic rings. The lowest BCUT2D eigenvalue weighted by molar-refractivity contribution is 0.0973. The molecule has 5 heterocycles. The van der Waals surface area contributed by atoms with Crippen molar-refractivity contribution >= 4 is 49.5 Å². The van der Waals surface area contributed by atoms with Gasteiger partial charge >= 0.3 is 0 Å². The molecule has 0 radical (unpaired) electrons. The van der Waals surface area contributed by atoms with Crippen LogP contribution in [-0.4, -0.2) is 56.4 Å². The van der Waals surface area contributed by atoms with Crippen molar-refractivity contribution in [3.63, 3.8) is 0 Å². The Morgan fingerprint density at radius 1 is 1.21 bits per heavy atom. The van der Waals surface area contributed by atoms with E-state index in [1.54, 1.807) is 0 Å². The number of rotatable bonds is 2. The molecule has 10 heteroatoms. The lowest BCUT2D eigenvalue weighted by atomic mass is 9.73. The minimum atomic E-state index is 0. The molecular formula is C23H31N7OS2. The van der Waals surface area contributed by atoms with Gasteiger partial charge in [0.1, 0.15) is 5.65 Å². The first-order chi connectivity index (χ1) is 15.1. The quantitative estimate of drug-likeness (QED) is 0.453. The van der Waals surface area contributed by atoms with Gasteiger partial charge in [0.05, 0.1) is 30.1 Å². The summed E-state index contributed by atoms with van der Waals surface area (Å²) >= 11 is 0. The van der Waals surface area contributed by atoms with E-state index in [2.05, 4.69) is 51.5 Å². The number of H-pyrrole nitrogens is 1. The Morgan fingerprint density at radius 2 is 2.00 bits per heavy atom. The highest BCUT2D eigenvalue weighted by Gasteiger charge is 2.47. The van der Waals surface area contributed by atoms with Crippen molar-refractivity contribution in [3.05, 3.63) is 42.5 Å². The lowest BCUT2D eigenvalue weighted by Crippen LogP contribution is -2.51. The average Bonchev–Trinajstić information content (AvgIpc) is 3.50. The van der Waals surface area contributed by atoms with E-state index in [4.69, 9.17) is 20.4 Å². The molecule has 0 amide bonds. The fourth-order valence-corrected chi connectivity index (χ4v) is 5.35. The number of aryl methyl sites for hydroxylation is 1. The van der Waals surface area contributed by atoms with Crippen LogP contribution in [0.3, 0.4) is 0 Å². The first kappa shape index (κ1) is 23.9. The van der Waals surface area contributed by atoms with Gasteiger partial charge < -0.3 is 15.4 Å². The normalized spacial score (nSPS) is 22.0. The molecule has 8 nitrogen and oxygen atoms in total. The Morgan fingerprint density at radius 3 is 2.73 bits per heavy atom. The first-order valence-electron chi connectivity index (χ1n) is 11.0. The maximum absolute atomic E-state index is 6.50. The van der Waals surface area contributed by atoms with Gasteiger partial charge in [0.15, 0.2) is 0 Å². The van der Waals surface area contributed by atoms with E-state index < -0.39 is 0 Å². The van der Waals surface area contributed by atoms with Crippen LogP contribution in [0.2, 0.25) is 0 Å². The van der Waals surface area contributed by atoms with E-state index in [1.807, 2.05) is 18.6 Å². The van der Waals surface area contributed by atoms with E-state index >= 15 is 0 Å². The van der Waals surface area contributed by atoms with Crippen LogP contribution in [-0.2, 0) is 4.74 Å². The van der Waals surface area contributed by atoms with Crippen molar-refractivity contribution in [2.75, 3.05) is 24.6 Å². The number of benzene rings is 1. The highest BCUT2D eigenvalue weighted by atomic mass is 32.1. The van der Waals surface area contributed by atoms with Gasteiger partial charge in [-0.15, -0.1) is 0 Å². The van der Waals surface area contributed by atoms with Gasteiger partial charge in [-0.1, -0.05) is 12.1 Å². The molecule has 0 bridgehead atoms. The van der Waals surface area contributed by atoms with Gasteiger partial charge in [-0.2, -0.15) is 32.1 Å². The third kappa shape index (κ3) is 3.69. The molecule has 2 atom stereocenters. The summed E-state index contributed by atoms with van der Waals surface area (Å²) in [5, 5.41) is 8.29. The van der Waals surface area contributed by atoms with Gasteiger partial charge in [-0.05, 0) is 38.3 Å². The highest BCUT2D eigenvalue weighted by molar-refractivity contribution is 7.59. The molecule has 2 aliphatic rings. The third-order valence-corrected chi connectivity index (χ3v) is 7.33. The Kier molecular flexibility index (Phi) is 6.38. The minimum absolute atomic E-state index is 0. The predicted molar refractivity (Wildman–Crippen MR) is 141 cm³/mol. The molecule has 33 heavy (non-hydrogen) atoms. The second kappa shape index (κ2) is 8.83. The zero-order valence-electron chi connectivity index (χ0n) is 18.9. The smallest absolute Gasteiger partial charge is 0.211 e. The number of aromatic amines is 1. The van der Waals surface area contributed by atoms with Gasteiger partial charge in [-0.3, -0.25) is 9.50 Å². The van der Waals surface area contributed by atoms with E-state index in [0.29, 0.717) is 0 Å². The van der Waals surface area contributed by atoms with Gasteiger partial charge in [0.2, 0.25) is 5.95 Å². The average molecular weight is 486 g/mol. The van der Waals surface area contributed by atoms with E-state index in [9.17, 15) is 0 Å². The number of fused-ring (bicyclic) bond motifs is 2. The summed E-state index contributed by atoms with van der Waals surface area (Å²) < 4.78 is 8.00. The SMILES string of the molecule is Cc1nc(N2CCC3(CC2)CO[C@@H](C)[C@H]3N)n2ccnc2c1-c1ccc2cn[nH]c2c1.S.S.